The Labute approximate surface area is 108 Å². The summed E-state index contributed by atoms with van der Waals surface area (Å²) in [5.41, 5.74) is 6.04. The fourth-order valence-electron chi connectivity index (χ4n) is 1.96. The van der Waals surface area contributed by atoms with Crippen LogP contribution in [0.2, 0.25) is 0 Å². The summed E-state index contributed by atoms with van der Waals surface area (Å²) in [6, 6.07) is 5.24. The van der Waals surface area contributed by atoms with Gasteiger partial charge in [0.2, 0.25) is 0 Å². The lowest BCUT2D eigenvalue weighted by Crippen LogP contribution is -2.15. The van der Waals surface area contributed by atoms with Crippen LogP contribution in [0.15, 0.2) is 36.8 Å². The minimum Gasteiger partial charge on any atom is -0.329 e. The third kappa shape index (κ3) is 2.96. The van der Waals surface area contributed by atoms with Crippen molar-refractivity contribution in [1.29, 1.82) is 0 Å². The zero-order valence-electron chi connectivity index (χ0n) is 10.4. The van der Waals surface area contributed by atoms with Crippen LogP contribution in [0.1, 0.15) is 29.8 Å². The second kappa shape index (κ2) is 5.05. The molecule has 1 atom stereocenters. The average Bonchev–Trinajstić information content (AvgIpc) is 2.76. The second-order valence-corrected chi connectivity index (χ2v) is 4.39. The van der Waals surface area contributed by atoms with Gasteiger partial charge in [-0.1, -0.05) is 18.2 Å². The number of hydrogen-bond donors (Lipinski definition) is 1. The van der Waals surface area contributed by atoms with Crippen molar-refractivity contribution in [2.45, 2.75) is 25.7 Å². The van der Waals surface area contributed by atoms with Crippen molar-refractivity contribution in [3.8, 4) is 0 Å². The SMILES string of the molecule is CC(N)c1cncn1Cc1ccccc1C(F)(F)F. The van der Waals surface area contributed by atoms with E-state index < -0.39 is 11.7 Å². The van der Waals surface area contributed by atoms with Gasteiger partial charge in [0.25, 0.3) is 0 Å². The molecule has 0 saturated carbocycles. The van der Waals surface area contributed by atoms with Gasteiger partial charge in [-0.25, -0.2) is 4.98 Å². The first-order chi connectivity index (χ1) is 8.89. The van der Waals surface area contributed by atoms with Crippen molar-refractivity contribution in [3.05, 3.63) is 53.6 Å². The Morgan fingerprint density at radius 3 is 2.63 bits per heavy atom. The van der Waals surface area contributed by atoms with Gasteiger partial charge in [0.1, 0.15) is 0 Å². The molecule has 2 rings (SSSR count). The van der Waals surface area contributed by atoms with Crippen molar-refractivity contribution < 1.29 is 13.2 Å². The Bertz CT molecular complexity index is 558. The lowest BCUT2D eigenvalue weighted by Gasteiger charge is -2.15. The van der Waals surface area contributed by atoms with E-state index in [0.717, 1.165) is 6.07 Å². The van der Waals surface area contributed by atoms with Crippen LogP contribution in [0.3, 0.4) is 0 Å². The maximum Gasteiger partial charge on any atom is 0.416 e. The van der Waals surface area contributed by atoms with Crippen LogP contribution in [0.4, 0.5) is 13.2 Å². The van der Waals surface area contributed by atoms with Gasteiger partial charge in [0, 0.05) is 18.8 Å². The fraction of sp³-hybridized carbons (Fsp3) is 0.308. The van der Waals surface area contributed by atoms with E-state index in [1.54, 1.807) is 23.8 Å². The highest BCUT2D eigenvalue weighted by Crippen LogP contribution is 2.32. The molecule has 0 spiro atoms. The van der Waals surface area contributed by atoms with Crippen LogP contribution >= 0.6 is 0 Å². The molecule has 1 unspecified atom stereocenters. The molecule has 2 N–H and O–H groups in total. The van der Waals surface area contributed by atoms with Crippen LogP contribution in [-0.4, -0.2) is 9.55 Å². The van der Waals surface area contributed by atoms with Crippen LogP contribution < -0.4 is 5.73 Å². The summed E-state index contributed by atoms with van der Waals surface area (Å²) in [5.74, 6) is 0. The first-order valence-electron chi connectivity index (χ1n) is 5.80. The van der Waals surface area contributed by atoms with E-state index in [4.69, 9.17) is 5.73 Å². The van der Waals surface area contributed by atoms with Gasteiger partial charge in [0.05, 0.1) is 17.6 Å². The Hall–Kier alpha value is -1.82. The summed E-state index contributed by atoms with van der Waals surface area (Å²) in [5, 5.41) is 0. The van der Waals surface area contributed by atoms with Crippen molar-refractivity contribution in [1.82, 2.24) is 9.55 Å². The number of halogens is 3. The Morgan fingerprint density at radius 1 is 1.32 bits per heavy atom. The standard InChI is InChI=1S/C13H14F3N3/c1-9(17)12-6-18-8-19(12)7-10-4-2-3-5-11(10)13(14,15)16/h2-6,8-9H,7,17H2,1H3. The molecule has 0 aliphatic carbocycles. The zero-order valence-corrected chi connectivity index (χ0v) is 10.4. The number of aromatic nitrogens is 2. The summed E-state index contributed by atoms with van der Waals surface area (Å²) in [4.78, 5) is 3.93. The van der Waals surface area contributed by atoms with Gasteiger partial charge in [-0.05, 0) is 18.6 Å². The Morgan fingerprint density at radius 2 is 2.00 bits per heavy atom. The summed E-state index contributed by atoms with van der Waals surface area (Å²) < 4.78 is 40.3. The van der Waals surface area contributed by atoms with Crippen LogP contribution in [0.5, 0.6) is 0 Å². The van der Waals surface area contributed by atoms with Crippen molar-refractivity contribution in [3.63, 3.8) is 0 Å². The molecule has 0 fully saturated rings. The van der Waals surface area contributed by atoms with Gasteiger partial charge in [-0.15, -0.1) is 0 Å². The van der Waals surface area contributed by atoms with Crippen LogP contribution in [0.25, 0.3) is 0 Å². The quantitative estimate of drug-likeness (QED) is 0.931. The molecule has 102 valence electrons. The van der Waals surface area contributed by atoms with E-state index in [1.807, 2.05) is 0 Å². The third-order valence-electron chi connectivity index (χ3n) is 2.87. The molecule has 1 aromatic carbocycles. The first kappa shape index (κ1) is 13.6. The largest absolute Gasteiger partial charge is 0.416 e. The van der Waals surface area contributed by atoms with E-state index in [2.05, 4.69) is 4.98 Å². The topological polar surface area (TPSA) is 43.8 Å². The summed E-state index contributed by atoms with van der Waals surface area (Å²) >= 11 is 0. The van der Waals surface area contributed by atoms with Gasteiger partial charge in [-0.3, -0.25) is 0 Å². The first-order valence-corrected chi connectivity index (χ1v) is 5.80. The zero-order chi connectivity index (χ0) is 14.0. The lowest BCUT2D eigenvalue weighted by atomic mass is 10.1. The van der Waals surface area contributed by atoms with Gasteiger partial charge in [-0.2, -0.15) is 13.2 Å². The van der Waals surface area contributed by atoms with Crippen molar-refractivity contribution in [2.24, 2.45) is 5.73 Å². The highest BCUT2D eigenvalue weighted by atomic mass is 19.4. The van der Waals surface area contributed by atoms with Crippen molar-refractivity contribution in [2.75, 3.05) is 0 Å². The summed E-state index contributed by atoms with van der Waals surface area (Å²) in [6.07, 6.45) is -1.29. The summed E-state index contributed by atoms with van der Waals surface area (Å²) in [7, 11) is 0. The second-order valence-electron chi connectivity index (χ2n) is 4.39. The minimum atomic E-state index is -4.36. The molecule has 19 heavy (non-hydrogen) atoms. The number of hydrogen-bond acceptors (Lipinski definition) is 2. The van der Waals surface area contributed by atoms with Gasteiger partial charge < -0.3 is 10.3 Å². The number of imidazole rings is 1. The number of alkyl halides is 3. The Balaban J connectivity index is 2.36. The number of rotatable bonds is 3. The van der Waals surface area contributed by atoms with E-state index in [0.29, 0.717) is 5.69 Å². The van der Waals surface area contributed by atoms with Gasteiger partial charge >= 0.3 is 6.18 Å². The average molecular weight is 269 g/mol. The molecule has 0 radical (unpaired) electrons. The predicted octanol–water partition coefficient (Wildman–Crippen LogP) is 2.97. The predicted molar refractivity (Wildman–Crippen MR) is 65.4 cm³/mol. The monoisotopic (exact) mass is 269 g/mol. The maximum atomic E-state index is 12.9. The number of nitrogens with zero attached hydrogens (tertiary/aromatic N) is 2. The van der Waals surface area contributed by atoms with E-state index in [-0.39, 0.29) is 18.2 Å². The fourth-order valence-corrected chi connectivity index (χ4v) is 1.96. The third-order valence-corrected chi connectivity index (χ3v) is 2.87. The van der Waals surface area contributed by atoms with Crippen LogP contribution in [0, 0.1) is 0 Å². The van der Waals surface area contributed by atoms with E-state index in [9.17, 15) is 13.2 Å². The Kier molecular flexibility index (Phi) is 3.61. The molecule has 3 nitrogen and oxygen atoms in total. The number of nitrogens with two attached hydrogens (primary N) is 1. The van der Waals surface area contributed by atoms with Crippen molar-refractivity contribution >= 4 is 0 Å². The molecular formula is C13H14F3N3. The highest BCUT2D eigenvalue weighted by molar-refractivity contribution is 5.30. The van der Waals surface area contributed by atoms with E-state index in [1.165, 1.54) is 18.5 Å². The molecule has 0 aliphatic rings. The molecule has 0 amide bonds. The lowest BCUT2D eigenvalue weighted by molar-refractivity contribution is -0.138. The van der Waals surface area contributed by atoms with Gasteiger partial charge in [0.15, 0.2) is 0 Å². The smallest absolute Gasteiger partial charge is 0.329 e. The molecule has 2 aromatic rings. The molecular weight excluding hydrogens is 255 g/mol. The highest BCUT2D eigenvalue weighted by Gasteiger charge is 2.32. The molecule has 1 aromatic heterocycles. The van der Waals surface area contributed by atoms with Crippen LogP contribution in [-0.2, 0) is 12.7 Å². The summed E-state index contributed by atoms with van der Waals surface area (Å²) in [6.45, 7) is 1.87. The number of benzene rings is 1. The molecule has 1 heterocycles. The molecule has 0 aliphatic heterocycles. The molecule has 6 heteroatoms. The maximum absolute atomic E-state index is 12.9. The minimum absolute atomic E-state index is 0.104. The molecule has 0 bridgehead atoms. The normalized spacial score (nSPS) is 13.5. The van der Waals surface area contributed by atoms with E-state index >= 15 is 0 Å². The molecule has 0 saturated heterocycles.